The maximum absolute atomic E-state index is 12.3. The van der Waals surface area contributed by atoms with Crippen molar-refractivity contribution < 1.29 is 23.9 Å². The third-order valence-corrected chi connectivity index (χ3v) is 4.78. The Morgan fingerprint density at radius 1 is 1.29 bits per heavy atom. The van der Waals surface area contributed by atoms with Crippen molar-refractivity contribution in [3.05, 3.63) is 45.7 Å². The number of nitrogens with zero attached hydrogens (tertiary/aromatic N) is 2. The number of hydrogen-bond acceptors (Lipinski definition) is 6. The first-order valence-corrected chi connectivity index (χ1v) is 8.92. The highest BCUT2D eigenvalue weighted by molar-refractivity contribution is 6.30. The summed E-state index contributed by atoms with van der Waals surface area (Å²) >= 11 is 5.88. The number of hydrogen-bond donors (Lipinski definition) is 1. The number of carboxylic acid groups (broad SMARTS) is 1. The monoisotopic (exact) mass is 432 g/mol. The number of carbonyl (C=O) groups is 1. The maximum atomic E-state index is 12.3. The average molecular weight is 433 g/mol. The van der Waals surface area contributed by atoms with Gasteiger partial charge in [0, 0.05) is 30.8 Å². The molecule has 2 unspecified atom stereocenters. The third-order valence-electron chi connectivity index (χ3n) is 4.53. The summed E-state index contributed by atoms with van der Waals surface area (Å²) < 4.78 is 17.5. The second-order valence-electron chi connectivity index (χ2n) is 6.21. The Morgan fingerprint density at radius 2 is 1.93 bits per heavy atom. The van der Waals surface area contributed by atoms with Gasteiger partial charge in [-0.15, -0.1) is 12.4 Å². The van der Waals surface area contributed by atoms with Crippen LogP contribution in [0.5, 0.6) is 0 Å². The van der Waals surface area contributed by atoms with Gasteiger partial charge in [0.25, 0.3) is 5.56 Å². The van der Waals surface area contributed by atoms with Crippen LogP contribution in [0.3, 0.4) is 0 Å². The zero-order valence-corrected chi connectivity index (χ0v) is 16.8. The number of carboxylic acids is 1. The minimum atomic E-state index is -1.01. The standard InChI is InChI=1S/C18H21ClN2O6.ClH/c1-25-15(17(18(23)24)20-6-8-26-9-7-20)11-21-16(22)10-14(27-21)12-2-4-13(19)5-3-12;/h2-5,10,15,17H,6-9,11H2,1H3,(H,23,24);1H. The van der Waals surface area contributed by atoms with E-state index in [4.69, 9.17) is 25.6 Å². The van der Waals surface area contributed by atoms with E-state index in [-0.39, 0.29) is 24.5 Å². The molecule has 1 aliphatic heterocycles. The van der Waals surface area contributed by atoms with Crippen LogP contribution in [0.2, 0.25) is 5.02 Å². The van der Waals surface area contributed by atoms with Crippen molar-refractivity contribution in [1.82, 2.24) is 9.64 Å². The van der Waals surface area contributed by atoms with E-state index in [1.807, 2.05) is 0 Å². The lowest BCUT2D eigenvalue weighted by molar-refractivity contribution is -0.152. The second kappa shape index (κ2) is 10.1. The topological polar surface area (TPSA) is 94.1 Å². The van der Waals surface area contributed by atoms with Crippen LogP contribution in [0.1, 0.15) is 0 Å². The summed E-state index contributed by atoms with van der Waals surface area (Å²) in [5, 5.41) is 10.3. The first-order valence-electron chi connectivity index (χ1n) is 8.54. The molecule has 1 N–H and O–H groups in total. The highest BCUT2D eigenvalue weighted by Gasteiger charge is 2.35. The first-order chi connectivity index (χ1) is 13.0. The smallest absolute Gasteiger partial charge is 0.323 e. The van der Waals surface area contributed by atoms with Gasteiger partial charge in [0.2, 0.25) is 0 Å². The van der Waals surface area contributed by atoms with E-state index >= 15 is 0 Å². The van der Waals surface area contributed by atoms with E-state index in [0.29, 0.717) is 42.6 Å². The van der Waals surface area contributed by atoms with Crippen LogP contribution < -0.4 is 5.56 Å². The van der Waals surface area contributed by atoms with Gasteiger partial charge in [-0.2, -0.15) is 4.74 Å². The number of ether oxygens (including phenoxy) is 2. The van der Waals surface area contributed by atoms with Gasteiger partial charge >= 0.3 is 5.97 Å². The van der Waals surface area contributed by atoms with E-state index in [1.165, 1.54) is 13.2 Å². The van der Waals surface area contributed by atoms with Gasteiger partial charge in [0.05, 0.1) is 25.8 Å². The quantitative estimate of drug-likeness (QED) is 0.714. The molecule has 0 spiro atoms. The van der Waals surface area contributed by atoms with Crippen molar-refractivity contribution in [2.45, 2.75) is 18.7 Å². The Labute approximate surface area is 173 Å². The Balaban J connectivity index is 0.00000280. The van der Waals surface area contributed by atoms with Gasteiger partial charge < -0.3 is 19.1 Å². The fourth-order valence-corrected chi connectivity index (χ4v) is 3.25. The highest BCUT2D eigenvalue weighted by Crippen LogP contribution is 2.21. The zero-order chi connectivity index (χ0) is 19.4. The number of rotatable bonds is 7. The van der Waals surface area contributed by atoms with Crippen LogP contribution in [0, 0.1) is 0 Å². The second-order valence-corrected chi connectivity index (χ2v) is 6.65. The molecule has 0 saturated carbocycles. The van der Waals surface area contributed by atoms with Crippen molar-refractivity contribution in [1.29, 1.82) is 0 Å². The van der Waals surface area contributed by atoms with Crippen molar-refractivity contribution in [2.24, 2.45) is 0 Å². The largest absolute Gasteiger partial charge is 0.480 e. The summed E-state index contributed by atoms with van der Waals surface area (Å²) in [7, 11) is 1.43. The number of morpholine rings is 1. The lowest BCUT2D eigenvalue weighted by Crippen LogP contribution is -2.55. The van der Waals surface area contributed by atoms with Crippen LogP contribution in [0.25, 0.3) is 11.3 Å². The fraction of sp³-hybridized carbons (Fsp3) is 0.444. The molecule has 0 bridgehead atoms. The number of benzene rings is 1. The SMILES string of the molecule is COC(Cn1oc(-c2ccc(Cl)cc2)cc1=O)C(C(=O)O)N1CCOCC1.Cl. The number of halogens is 2. The van der Waals surface area contributed by atoms with Crippen LogP contribution in [0.15, 0.2) is 39.6 Å². The summed E-state index contributed by atoms with van der Waals surface area (Å²) in [6.07, 6.45) is -0.762. The molecular weight excluding hydrogens is 411 g/mol. The molecule has 1 saturated heterocycles. The molecule has 0 aliphatic carbocycles. The molecule has 2 heterocycles. The maximum Gasteiger partial charge on any atom is 0.323 e. The first kappa shape index (κ1) is 22.4. The zero-order valence-electron chi connectivity index (χ0n) is 15.2. The highest BCUT2D eigenvalue weighted by atomic mass is 35.5. The lowest BCUT2D eigenvalue weighted by atomic mass is 10.1. The Bertz CT molecular complexity index is 829. The molecule has 10 heteroatoms. The Hall–Kier alpha value is -1.84. The van der Waals surface area contributed by atoms with Crippen molar-refractivity contribution in [2.75, 3.05) is 33.4 Å². The molecule has 8 nitrogen and oxygen atoms in total. The molecule has 1 aromatic heterocycles. The average Bonchev–Trinajstić information content (AvgIpc) is 3.02. The summed E-state index contributed by atoms with van der Waals surface area (Å²) in [5.74, 6) is -0.633. The molecule has 2 atom stereocenters. The van der Waals surface area contributed by atoms with Gasteiger partial charge in [-0.3, -0.25) is 14.5 Å². The third kappa shape index (κ3) is 5.15. The summed E-state index contributed by atoms with van der Waals surface area (Å²) in [5.41, 5.74) is 0.334. The minimum Gasteiger partial charge on any atom is -0.480 e. The molecule has 0 amide bonds. The fourth-order valence-electron chi connectivity index (χ4n) is 3.12. The Kier molecular flexibility index (Phi) is 8.09. The van der Waals surface area contributed by atoms with Crippen LogP contribution in [-0.4, -0.2) is 66.3 Å². The Morgan fingerprint density at radius 3 is 2.50 bits per heavy atom. The van der Waals surface area contributed by atoms with Gasteiger partial charge in [0.1, 0.15) is 12.1 Å². The van der Waals surface area contributed by atoms with Gasteiger partial charge in [0.15, 0.2) is 5.76 Å². The number of aromatic nitrogens is 1. The summed E-state index contributed by atoms with van der Waals surface area (Å²) in [6, 6.07) is 7.34. The number of methoxy groups -OCH3 is 1. The number of aliphatic carboxylic acids is 1. The molecule has 28 heavy (non-hydrogen) atoms. The van der Waals surface area contributed by atoms with Gasteiger partial charge in [-0.05, 0) is 24.3 Å². The van der Waals surface area contributed by atoms with Gasteiger partial charge in [-0.25, -0.2) is 0 Å². The molecule has 1 aliphatic rings. The van der Waals surface area contributed by atoms with Crippen molar-refractivity contribution in [3.8, 4) is 11.3 Å². The molecule has 3 rings (SSSR count). The molecule has 0 radical (unpaired) electrons. The normalized spacial score (nSPS) is 16.9. The van der Waals surface area contributed by atoms with E-state index in [0.717, 1.165) is 4.74 Å². The van der Waals surface area contributed by atoms with Gasteiger partial charge in [-0.1, -0.05) is 11.6 Å². The molecule has 154 valence electrons. The molecule has 2 aromatic rings. The predicted molar refractivity (Wildman–Crippen MR) is 105 cm³/mol. The van der Waals surface area contributed by atoms with E-state index < -0.39 is 18.1 Å². The van der Waals surface area contributed by atoms with E-state index in [9.17, 15) is 14.7 Å². The molecular formula is C18H22Cl2N2O6. The molecule has 1 aromatic carbocycles. The predicted octanol–water partition coefficient (Wildman–Crippen LogP) is 1.98. The van der Waals surface area contributed by atoms with E-state index in [1.54, 1.807) is 29.2 Å². The van der Waals surface area contributed by atoms with Crippen LogP contribution in [-0.2, 0) is 20.8 Å². The summed E-state index contributed by atoms with van der Waals surface area (Å²) in [6.45, 7) is 1.88. The lowest BCUT2D eigenvalue weighted by Gasteiger charge is -2.35. The summed E-state index contributed by atoms with van der Waals surface area (Å²) in [4.78, 5) is 25.9. The minimum absolute atomic E-state index is 0. The van der Waals surface area contributed by atoms with E-state index in [2.05, 4.69) is 0 Å². The molecule has 1 fully saturated rings. The van der Waals surface area contributed by atoms with Crippen molar-refractivity contribution in [3.63, 3.8) is 0 Å². The van der Waals surface area contributed by atoms with Crippen molar-refractivity contribution >= 4 is 30.0 Å². The van der Waals surface area contributed by atoms with Crippen LogP contribution in [0.4, 0.5) is 0 Å². The van der Waals surface area contributed by atoms with Crippen LogP contribution >= 0.6 is 24.0 Å².